The van der Waals surface area contributed by atoms with E-state index in [9.17, 15) is 14.4 Å². The van der Waals surface area contributed by atoms with Gasteiger partial charge in [-0.3, -0.25) is 9.59 Å². The quantitative estimate of drug-likeness (QED) is 0.313. The van der Waals surface area contributed by atoms with Gasteiger partial charge in [0.1, 0.15) is 17.1 Å². The molecule has 0 saturated carbocycles. The lowest BCUT2D eigenvalue weighted by molar-refractivity contribution is -0.135. The third kappa shape index (κ3) is 2.78. The zero-order chi connectivity index (χ0) is 21.0. The zero-order valence-corrected chi connectivity index (χ0v) is 16.3. The van der Waals surface area contributed by atoms with E-state index < -0.39 is 17.5 Å². The standard InChI is InChI=1S/C23H17NO6/c1-11-7-19(25)30-22-14(11)4-6-18-21(22)15(10-20(26)29-18)16-9-12-8-13(28-2)3-5-17(12)24-23(16)27/h3-9,15H,10H2,1-2H3,(H,24,27)/t15-/m0/s1. The maximum atomic E-state index is 12.9. The molecular weight excluding hydrogens is 386 g/mol. The minimum atomic E-state index is -0.616. The zero-order valence-electron chi connectivity index (χ0n) is 16.3. The SMILES string of the molecule is COc1ccc2[nH]c(=O)c([C@@H]3CC(=O)Oc4ccc5c(C)cc(=O)oc5c43)cc2c1. The van der Waals surface area contributed by atoms with Gasteiger partial charge < -0.3 is 18.9 Å². The summed E-state index contributed by atoms with van der Waals surface area (Å²) in [6.07, 6.45) is -0.0394. The lowest BCUT2D eigenvalue weighted by atomic mass is 9.85. The van der Waals surface area contributed by atoms with Crippen molar-refractivity contribution in [3.8, 4) is 11.5 Å². The molecule has 150 valence electrons. The second-order valence-corrected chi connectivity index (χ2v) is 7.34. The van der Waals surface area contributed by atoms with Crippen LogP contribution in [-0.2, 0) is 4.79 Å². The Bertz CT molecular complexity index is 1460. The van der Waals surface area contributed by atoms with E-state index in [0.717, 1.165) is 16.3 Å². The number of hydrogen-bond donors (Lipinski definition) is 1. The average Bonchev–Trinajstić information content (AvgIpc) is 2.71. The van der Waals surface area contributed by atoms with Crippen LogP contribution in [0.5, 0.6) is 11.5 Å². The summed E-state index contributed by atoms with van der Waals surface area (Å²) in [5, 5.41) is 1.50. The van der Waals surface area contributed by atoms with E-state index >= 15 is 0 Å². The molecule has 2 aromatic heterocycles. The summed E-state index contributed by atoms with van der Waals surface area (Å²) in [6, 6.07) is 11.9. The molecule has 0 spiro atoms. The summed E-state index contributed by atoms with van der Waals surface area (Å²) in [5.41, 5.74) is 1.85. The van der Waals surface area contributed by atoms with Crippen molar-refractivity contribution >= 4 is 27.8 Å². The van der Waals surface area contributed by atoms with Gasteiger partial charge in [-0.1, -0.05) is 0 Å². The van der Waals surface area contributed by atoms with Crippen LogP contribution in [0, 0.1) is 6.92 Å². The van der Waals surface area contributed by atoms with Crippen LogP contribution in [-0.4, -0.2) is 18.1 Å². The molecule has 1 atom stereocenters. The second kappa shape index (κ2) is 6.59. The number of aromatic nitrogens is 1. The Morgan fingerprint density at radius 3 is 2.70 bits per heavy atom. The molecule has 4 aromatic rings. The second-order valence-electron chi connectivity index (χ2n) is 7.34. The molecule has 30 heavy (non-hydrogen) atoms. The molecule has 5 rings (SSSR count). The molecule has 1 aliphatic heterocycles. The molecular formula is C23H17NO6. The maximum Gasteiger partial charge on any atom is 0.336 e. The Morgan fingerprint density at radius 1 is 1.07 bits per heavy atom. The fourth-order valence-corrected chi connectivity index (χ4v) is 4.09. The molecule has 0 unspecified atom stereocenters. The molecule has 0 amide bonds. The number of rotatable bonds is 2. The summed E-state index contributed by atoms with van der Waals surface area (Å²) in [6.45, 7) is 1.81. The van der Waals surface area contributed by atoms with Crippen LogP contribution in [0.3, 0.4) is 0 Å². The number of pyridine rings is 1. The van der Waals surface area contributed by atoms with Crippen LogP contribution < -0.4 is 20.7 Å². The van der Waals surface area contributed by atoms with E-state index in [1.165, 1.54) is 6.07 Å². The number of carbonyl (C=O) groups is 1. The van der Waals surface area contributed by atoms with Crippen molar-refractivity contribution in [2.75, 3.05) is 7.11 Å². The lowest BCUT2D eigenvalue weighted by Crippen LogP contribution is -2.26. The van der Waals surface area contributed by atoms with Gasteiger partial charge in [-0.2, -0.15) is 0 Å². The van der Waals surface area contributed by atoms with E-state index in [2.05, 4.69) is 4.98 Å². The first-order valence-corrected chi connectivity index (χ1v) is 9.43. The topological polar surface area (TPSA) is 98.6 Å². The highest BCUT2D eigenvalue weighted by atomic mass is 16.5. The summed E-state index contributed by atoms with van der Waals surface area (Å²) in [5.74, 6) is -0.125. The Morgan fingerprint density at radius 2 is 1.90 bits per heavy atom. The molecule has 7 heteroatoms. The molecule has 0 radical (unpaired) electrons. The minimum Gasteiger partial charge on any atom is -0.497 e. The van der Waals surface area contributed by atoms with E-state index in [1.807, 2.05) is 13.0 Å². The van der Waals surface area contributed by atoms with E-state index in [-0.39, 0.29) is 12.0 Å². The van der Waals surface area contributed by atoms with Crippen molar-refractivity contribution < 1.29 is 18.7 Å². The Hall–Kier alpha value is -3.87. The van der Waals surface area contributed by atoms with Crippen molar-refractivity contribution in [2.24, 2.45) is 0 Å². The highest BCUT2D eigenvalue weighted by Gasteiger charge is 2.33. The van der Waals surface area contributed by atoms with Crippen LogP contribution in [0.15, 0.2) is 56.5 Å². The van der Waals surface area contributed by atoms with Gasteiger partial charge in [-0.05, 0) is 48.9 Å². The Balaban J connectivity index is 1.82. The van der Waals surface area contributed by atoms with E-state index in [1.54, 1.807) is 37.4 Å². The number of ether oxygens (including phenoxy) is 2. The van der Waals surface area contributed by atoms with Crippen LogP contribution in [0.4, 0.5) is 0 Å². The first-order valence-electron chi connectivity index (χ1n) is 9.43. The number of fused-ring (bicyclic) bond motifs is 4. The largest absolute Gasteiger partial charge is 0.497 e. The summed E-state index contributed by atoms with van der Waals surface area (Å²) >= 11 is 0. The summed E-state index contributed by atoms with van der Waals surface area (Å²) < 4.78 is 16.2. The summed E-state index contributed by atoms with van der Waals surface area (Å²) in [4.78, 5) is 40.2. The smallest absolute Gasteiger partial charge is 0.336 e. The van der Waals surface area contributed by atoms with Gasteiger partial charge in [-0.15, -0.1) is 0 Å². The van der Waals surface area contributed by atoms with Crippen molar-refractivity contribution in [2.45, 2.75) is 19.3 Å². The minimum absolute atomic E-state index is 0.0394. The monoisotopic (exact) mass is 403 g/mol. The number of methoxy groups -OCH3 is 1. The molecule has 1 N–H and O–H groups in total. The van der Waals surface area contributed by atoms with Crippen molar-refractivity contribution in [3.63, 3.8) is 0 Å². The average molecular weight is 403 g/mol. The predicted octanol–water partition coefficient (Wildman–Crippen LogP) is 3.39. The van der Waals surface area contributed by atoms with Crippen LogP contribution in [0.1, 0.15) is 29.0 Å². The number of H-pyrrole nitrogens is 1. The maximum absolute atomic E-state index is 12.9. The number of benzene rings is 2. The molecule has 2 aromatic carbocycles. The fourth-order valence-electron chi connectivity index (χ4n) is 4.09. The van der Waals surface area contributed by atoms with Crippen LogP contribution in [0.25, 0.3) is 21.9 Å². The number of nitrogens with one attached hydrogen (secondary N) is 1. The molecule has 0 aliphatic carbocycles. The number of aryl methyl sites for hydroxylation is 1. The normalized spacial score (nSPS) is 15.8. The third-order valence-electron chi connectivity index (χ3n) is 5.52. The van der Waals surface area contributed by atoms with Crippen molar-refractivity contribution in [1.82, 2.24) is 4.98 Å². The number of esters is 1. The van der Waals surface area contributed by atoms with Crippen molar-refractivity contribution in [1.29, 1.82) is 0 Å². The highest BCUT2D eigenvalue weighted by Crippen LogP contribution is 2.42. The third-order valence-corrected chi connectivity index (χ3v) is 5.52. The molecule has 0 saturated heterocycles. The first-order chi connectivity index (χ1) is 14.4. The summed E-state index contributed by atoms with van der Waals surface area (Å²) in [7, 11) is 1.57. The van der Waals surface area contributed by atoms with Gasteiger partial charge in [-0.25, -0.2) is 4.79 Å². The Kier molecular flexibility index (Phi) is 3.99. The fraction of sp³-hybridized carbons (Fsp3) is 0.174. The van der Waals surface area contributed by atoms with Crippen LogP contribution >= 0.6 is 0 Å². The number of aromatic amines is 1. The van der Waals surface area contributed by atoms with Gasteiger partial charge >= 0.3 is 11.6 Å². The van der Waals surface area contributed by atoms with Gasteiger partial charge in [0.2, 0.25) is 0 Å². The molecule has 0 fully saturated rings. The van der Waals surface area contributed by atoms with Gasteiger partial charge in [0, 0.05) is 39.4 Å². The van der Waals surface area contributed by atoms with Gasteiger partial charge in [0.15, 0.2) is 0 Å². The van der Waals surface area contributed by atoms with E-state index in [4.69, 9.17) is 13.9 Å². The molecule has 3 heterocycles. The highest BCUT2D eigenvalue weighted by molar-refractivity contribution is 5.90. The predicted molar refractivity (Wildman–Crippen MR) is 110 cm³/mol. The Labute approximate surface area is 169 Å². The van der Waals surface area contributed by atoms with Crippen molar-refractivity contribution in [3.05, 3.63) is 79.9 Å². The number of carbonyl (C=O) groups excluding carboxylic acids is 1. The lowest BCUT2D eigenvalue weighted by Gasteiger charge is -2.25. The van der Waals surface area contributed by atoms with Gasteiger partial charge in [0.25, 0.3) is 5.56 Å². The first kappa shape index (κ1) is 18.2. The van der Waals surface area contributed by atoms with Gasteiger partial charge in [0.05, 0.1) is 13.5 Å². The molecule has 0 bridgehead atoms. The van der Waals surface area contributed by atoms with Crippen LogP contribution in [0.2, 0.25) is 0 Å². The molecule has 1 aliphatic rings. The number of hydrogen-bond acceptors (Lipinski definition) is 6. The van der Waals surface area contributed by atoms with E-state index in [0.29, 0.717) is 33.7 Å². The molecule has 7 nitrogen and oxygen atoms in total.